The van der Waals surface area contributed by atoms with Crippen molar-refractivity contribution in [3.8, 4) is 0 Å². The van der Waals surface area contributed by atoms with Crippen molar-refractivity contribution < 1.29 is 19.4 Å². The molecule has 3 atom stereocenters. The number of nitrogens with one attached hydrogen (secondary N) is 1. The van der Waals surface area contributed by atoms with Crippen LogP contribution in [0.25, 0.3) is 0 Å². The number of carbonyl (C=O) groups excluding carboxylic acids is 1. The summed E-state index contributed by atoms with van der Waals surface area (Å²) in [4.78, 5) is 24.9. The molecule has 0 saturated carbocycles. The molecule has 19 heavy (non-hydrogen) atoms. The Kier molecular flexibility index (Phi) is 6.24. The second-order valence-corrected chi connectivity index (χ2v) is 4.93. The summed E-state index contributed by atoms with van der Waals surface area (Å²) in [5, 5.41) is 12.2. The third-order valence-electron chi connectivity index (χ3n) is 3.58. The quantitative estimate of drug-likeness (QED) is 0.698. The molecule has 1 rings (SSSR count). The van der Waals surface area contributed by atoms with E-state index in [1.807, 2.05) is 20.8 Å². The summed E-state index contributed by atoms with van der Waals surface area (Å²) in [5.74, 6) is -1.39. The van der Waals surface area contributed by atoms with Crippen molar-refractivity contribution in [1.82, 2.24) is 10.2 Å². The third kappa shape index (κ3) is 4.18. The van der Waals surface area contributed by atoms with E-state index in [-0.39, 0.29) is 30.5 Å². The lowest BCUT2D eigenvalue weighted by Gasteiger charge is -2.31. The maximum Gasteiger partial charge on any atom is 0.323 e. The minimum absolute atomic E-state index is 0.0159. The molecule has 0 bridgehead atoms. The maximum absolute atomic E-state index is 12.5. The lowest BCUT2D eigenvalue weighted by Crippen LogP contribution is -2.50. The molecule has 0 spiro atoms. The van der Waals surface area contributed by atoms with Crippen LogP contribution in [-0.2, 0) is 14.3 Å². The summed E-state index contributed by atoms with van der Waals surface area (Å²) in [5.41, 5.74) is 0. The summed E-state index contributed by atoms with van der Waals surface area (Å²) in [7, 11) is 0. The van der Waals surface area contributed by atoms with Gasteiger partial charge in [-0.2, -0.15) is 0 Å². The molecule has 6 nitrogen and oxygen atoms in total. The molecule has 110 valence electrons. The average molecular weight is 272 g/mol. The molecule has 1 fully saturated rings. The first kappa shape index (κ1) is 15.9. The van der Waals surface area contributed by atoms with E-state index in [2.05, 4.69) is 5.32 Å². The van der Waals surface area contributed by atoms with Gasteiger partial charge in [0.05, 0.1) is 19.1 Å². The summed E-state index contributed by atoms with van der Waals surface area (Å²) < 4.78 is 5.35. The van der Waals surface area contributed by atoms with Crippen LogP contribution in [0.2, 0.25) is 0 Å². The van der Waals surface area contributed by atoms with Gasteiger partial charge in [-0.25, -0.2) is 0 Å². The molecule has 3 unspecified atom stereocenters. The van der Waals surface area contributed by atoms with Crippen molar-refractivity contribution in [2.75, 3.05) is 26.3 Å². The number of carbonyl (C=O) groups is 2. The molecule has 2 N–H and O–H groups in total. The zero-order valence-corrected chi connectivity index (χ0v) is 11.9. The van der Waals surface area contributed by atoms with E-state index in [1.165, 1.54) is 4.90 Å². The van der Waals surface area contributed by atoms with Gasteiger partial charge in [0, 0.05) is 12.1 Å². The SMILES string of the molecule is CCNC1COCC1C(=O)N(CC(=O)O)C(C)CC. The Labute approximate surface area is 114 Å². The minimum atomic E-state index is -0.979. The van der Waals surface area contributed by atoms with Crippen LogP contribution in [0.1, 0.15) is 27.2 Å². The van der Waals surface area contributed by atoms with Crippen LogP contribution in [0.5, 0.6) is 0 Å². The molecular weight excluding hydrogens is 248 g/mol. The highest BCUT2D eigenvalue weighted by atomic mass is 16.5. The fourth-order valence-electron chi connectivity index (χ4n) is 2.29. The molecule has 6 heteroatoms. The Morgan fingerprint density at radius 3 is 2.63 bits per heavy atom. The van der Waals surface area contributed by atoms with E-state index in [4.69, 9.17) is 9.84 Å². The van der Waals surface area contributed by atoms with Crippen molar-refractivity contribution in [3.05, 3.63) is 0 Å². The van der Waals surface area contributed by atoms with Crippen LogP contribution in [0.3, 0.4) is 0 Å². The van der Waals surface area contributed by atoms with Gasteiger partial charge in [-0.05, 0) is 19.9 Å². The number of hydrogen-bond donors (Lipinski definition) is 2. The molecule has 1 aliphatic rings. The van der Waals surface area contributed by atoms with E-state index >= 15 is 0 Å². The first-order valence-electron chi connectivity index (χ1n) is 6.84. The number of carboxylic acid groups (broad SMARTS) is 1. The van der Waals surface area contributed by atoms with Crippen molar-refractivity contribution in [1.29, 1.82) is 0 Å². The average Bonchev–Trinajstić information content (AvgIpc) is 2.82. The molecule has 0 radical (unpaired) electrons. The van der Waals surface area contributed by atoms with Crippen LogP contribution in [-0.4, -0.2) is 60.3 Å². The topological polar surface area (TPSA) is 78.9 Å². The number of rotatable bonds is 7. The Hall–Kier alpha value is -1.14. The van der Waals surface area contributed by atoms with Crippen LogP contribution in [0.4, 0.5) is 0 Å². The monoisotopic (exact) mass is 272 g/mol. The number of aliphatic carboxylic acids is 1. The minimum Gasteiger partial charge on any atom is -0.480 e. The van der Waals surface area contributed by atoms with Crippen LogP contribution in [0, 0.1) is 5.92 Å². The molecule has 0 aromatic rings. The number of ether oxygens (including phenoxy) is 1. The van der Waals surface area contributed by atoms with Crippen LogP contribution >= 0.6 is 0 Å². The number of amides is 1. The van der Waals surface area contributed by atoms with Crippen molar-refractivity contribution in [3.63, 3.8) is 0 Å². The lowest BCUT2D eigenvalue weighted by atomic mass is 10.0. The summed E-state index contributed by atoms with van der Waals surface area (Å²) in [6, 6.07) is -0.0932. The van der Waals surface area contributed by atoms with Gasteiger partial charge in [0.1, 0.15) is 6.54 Å². The van der Waals surface area contributed by atoms with E-state index in [0.717, 1.165) is 13.0 Å². The van der Waals surface area contributed by atoms with Gasteiger partial charge in [-0.1, -0.05) is 13.8 Å². The third-order valence-corrected chi connectivity index (χ3v) is 3.58. The van der Waals surface area contributed by atoms with Gasteiger partial charge < -0.3 is 20.1 Å². The number of nitrogens with zero attached hydrogens (tertiary/aromatic N) is 1. The Bertz CT molecular complexity index is 322. The Morgan fingerprint density at radius 1 is 1.42 bits per heavy atom. The highest BCUT2D eigenvalue weighted by Gasteiger charge is 2.37. The first-order chi connectivity index (χ1) is 9.01. The van der Waals surface area contributed by atoms with Gasteiger partial charge in [-0.3, -0.25) is 9.59 Å². The van der Waals surface area contributed by atoms with E-state index in [9.17, 15) is 9.59 Å². The predicted octanol–water partition coefficient (Wildman–Crippen LogP) is 0.323. The molecule has 1 saturated heterocycles. The lowest BCUT2D eigenvalue weighted by molar-refractivity contribution is -0.148. The zero-order chi connectivity index (χ0) is 14.4. The van der Waals surface area contributed by atoms with E-state index < -0.39 is 5.97 Å². The number of carboxylic acids is 1. The summed E-state index contributed by atoms with van der Waals surface area (Å²) in [6.45, 7) is 7.18. The molecule has 0 aromatic carbocycles. The van der Waals surface area contributed by atoms with Gasteiger partial charge in [0.2, 0.25) is 5.91 Å². The summed E-state index contributed by atoms with van der Waals surface area (Å²) in [6.07, 6.45) is 0.735. The van der Waals surface area contributed by atoms with Gasteiger partial charge >= 0.3 is 5.97 Å². The van der Waals surface area contributed by atoms with Crippen LogP contribution in [0.15, 0.2) is 0 Å². The largest absolute Gasteiger partial charge is 0.480 e. The predicted molar refractivity (Wildman–Crippen MR) is 70.9 cm³/mol. The van der Waals surface area contributed by atoms with Gasteiger partial charge in [0.15, 0.2) is 0 Å². The van der Waals surface area contributed by atoms with Gasteiger partial charge in [0.25, 0.3) is 0 Å². The normalized spacial score (nSPS) is 24.2. The smallest absolute Gasteiger partial charge is 0.323 e. The maximum atomic E-state index is 12.5. The highest BCUT2D eigenvalue weighted by Crippen LogP contribution is 2.19. The highest BCUT2D eigenvalue weighted by molar-refractivity contribution is 5.84. The fraction of sp³-hybridized carbons (Fsp3) is 0.846. The molecule has 0 aromatic heterocycles. The zero-order valence-electron chi connectivity index (χ0n) is 11.9. The number of hydrogen-bond acceptors (Lipinski definition) is 4. The fourth-order valence-corrected chi connectivity index (χ4v) is 2.29. The molecule has 1 amide bonds. The number of likely N-dealkylation sites (N-methyl/N-ethyl adjacent to an activating group) is 1. The second kappa shape index (κ2) is 7.45. The van der Waals surface area contributed by atoms with Crippen molar-refractivity contribution in [2.45, 2.75) is 39.3 Å². The van der Waals surface area contributed by atoms with E-state index in [0.29, 0.717) is 13.2 Å². The summed E-state index contributed by atoms with van der Waals surface area (Å²) >= 11 is 0. The Balaban J connectivity index is 2.77. The molecule has 1 heterocycles. The molecule has 1 aliphatic heterocycles. The van der Waals surface area contributed by atoms with E-state index in [1.54, 1.807) is 0 Å². The molecular formula is C13H24N2O4. The molecule has 0 aliphatic carbocycles. The van der Waals surface area contributed by atoms with Crippen molar-refractivity contribution in [2.24, 2.45) is 5.92 Å². The Morgan fingerprint density at radius 2 is 2.11 bits per heavy atom. The van der Waals surface area contributed by atoms with Crippen molar-refractivity contribution >= 4 is 11.9 Å². The second-order valence-electron chi connectivity index (χ2n) is 4.93. The van der Waals surface area contributed by atoms with Gasteiger partial charge in [-0.15, -0.1) is 0 Å². The van der Waals surface area contributed by atoms with Crippen LogP contribution < -0.4 is 5.32 Å². The first-order valence-corrected chi connectivity index (χ1v) is 6.84. The standard InChI is InChI=1S/C13H24N2O4/c1-4-9(3)15(6-12(16)17)13(18)10-7-19-8-11(10)14-5-2/h9-11,14H,4-8H2,1-3H3,(H,16,17).